The quantitative estimate of drug-likeness (QED) is 0.460. The molecule has 1 aromatic rings. The fraction of sp³-hybridized carbons (Fsp3) is 0.462. The monoisotopic (exact) mass is 300 g/mol. The molecule has 0 spiro atoms. The van der Waals surface area contributed by atoms with Crippen molar-refractivity contribution in [3.63, 3.8) is 0 Å². The summed E-state index contributed by atoms with van der Waals surface area (Å²) < 4.78 is 5.02. The molecule has 0 saturated heterocycles. The summed E-state index contributed by atoms with van der Waals surface area (Å²) in [5.74, 6) is -0.351. The molecule has 7 heteroatoms. The zero-order chi connectivity index (χ0) is 15.3. The van der Waals surface area contributed by atoms with Gasteiger partial charge in [-0.1, -0.05) is 6.07 Å². The van der Waals surface area contributed by atoms with Crippen molar-refractivity contribution in [2.45, 2.75) is 18.7 Å². The van der Waals surface area contributed by atoms with E-state index in [1.807, 2.05) is 6.92 Å². The van der Waals surface area contributed by atoms with Gasteiger partial charge in [-0.3, -0.25) is 14.9 Å². The molecule has 0 bridgehead atoms. The van der Waals surface area contributed by atoms with Crippen molar-refractivity contribution < 1.29 is 14.5 Å². The molecule has 1 unspecified atom stereocenters. The zero-order valence-corrected chi connectivity index (χ0v) is 12.4. The van der Waals surface area contributed by atoms with Crippen LogP contribution in [-0.4, -0.2) is 41.8 Å². The SMILES string of the molecule is COc1c(C(=O)N(C)CCC(C)Cl)cccc1[N+](=O)[O-]. The van der Waals surface area contributed by atoms with Crippen molar-refractivity contribution in [3.8, 4) is 5.75 Å². The van der Waals surface area contributed by atoms with Crippen LogP contribution in [0.4, 0.5) is 5.69 Å². The minimum atomic E-state index is -0.573. The average molecular weight is 301 g/mol. The van der Waals surface area contributed by atoms with Gasteiger partial charge in [-0.15, -0.1) is 11.6 Å². The van der Waals surface area contributed by atoms with E-state index < -0.39 is 4.92 Å². The summed E-state index contributed by atoms with van der Waals surface area (Å²) in [6, 6.07) is 4.27. The molecule has 1 amide bonds. The van der Waals surface area contributed by atoms with Crippen LogP contribution in [0.15, 0.2) is 18.2 Å². The Bertz CT molecular complexity index is 505. The number of carbonyl (C=O) groups is 1. The number of methoxy groups -OCH3 is 1. The molecule has 6 nitrogen and oxygen atoms in total. The Morgan fingerprint density at radius 1 is 1.55 bits per heavy atom. The molecular formula is C13H17ClN2O4. The molecule has 0 saturated carbocycles. The van der Waals surface area contributed by atoms with Gasteiger partial charge in [0, 0.05) is 25.0 Å². The predicted octanol–water partition coefficient (Wildman–Crippen LogP) is 2.69. The molecule has 0 aliphatic carbocycles. The smallest absolute Gasteiger partial charge is 0.311 e. The number of hydrogen-bond acceptors (Lipinski definition) is 4. The number of alkyl halides is 1. The molecule has 20 heavy (non-hydrogen) atoms. The largest absolute Gasteiger partial charge is 0.490 e. The van der Waals surface area contributed by atoms with E-state index in [-0.39, 0.29) is 28.3 Å². The first-order valence-corrected chi connectivity index (χ1v) is 6.53. The Balaban J connectivity index is 3.03. The highest BCUT2D eigenvalue weighted by Crippen LogP contribution is 2.31. The number of benzene rings is 1. The third-order valence-corrected chi connectivity index (χ3v) is 3.05. The lowest BCUT2D eigenvalue weighted by Gasteiger charge is -2.19. The van der Waals surface area contributed by atoms with E-state index in [0.29, 0.717) is 13.0 Å². The van der Waals surface area contributed by atoms with Gasteiger partial charge in [-0.05, 0) is 19.4 Å². The summed E-state index contributed by atoms with van der Waals surface area (Å²) in [5.41, 5.74) is -0.0520. The molecule has 0 aliphatic rings. The summed E-state index contributed by atoms with van der Waals surface area (Å²) in [6.07, 6.45) is 0.640. The van der Waals surface area contributed by atoms with Crippen LogP contribution in [0.3, 0.4) is 0 Å². The number of rotatable bonds is 6. The van der Waals surface area contributed by atoms with Gasteiger partial charge in [0.25, 0.3) is 5.91 Å². The zero-order valence-electron chi connectivity index (χ0n) is 11.6. The molecule has 0 fully saturated rings. The minimum Gasteiger partial charge on any atom is -0.490 e. The van der Waals surface area contributed by atoms with Crippen molar-refractivity contribution in [3.05, 3.63) is 33.9 Å². The molecule has 1 aromatic carbocycles. The fourth-order valence-electron chi connectivity index (χ4n) is 1.73. The van der Waals surface area contributed by atoms with Crippen LogP contribution in [0.5, 0.6) is 5.75 Å². The van der Waals surface area contributed by atoms with E-state index in [0.717, 1.165) is 0 Å². The summed E-state index contributed by atoms with van der Waals surface area (Å²) >= 11 is 5.85. The van der Waals surface area contributed by atoms with Crippen LogP contribution >= 0.6 is 11.6 Å². The topological polar surface area (TPSA) is 72.7 Å². The van der Waals surface area contributed by atoms with Gasteiger partial charge >= 0.3 is 5.69 Å². The fourth-order valence-corrected chi connectivity index (χ4v) is 1.83. The number of amides is 1. The predicted molar refractivity (Wildman–Crippen MR) is 76.5 cm³/mol. The summed E-state index contributed by atoms with van der Waals surface area (Å²) in [6.45, 7) is 2.31. The Morgan fingerprint density at radius 3 is 2.70 bits per heavy atom. The Kier molecular flexibility index (Phi) is 5.76. The third kappa shape index (κ3) is 3.84. The maximum atomic E-state index is 12.3. The average Bonchev–Trinajstić information content (AvgIpc) is 2.42. The van der Waals surface area contributed by atoms with E-state index in [1.165, 1.54) is 30.2 Å². The summed E-state index contributed by atoms with van der Waals surface area (Å²) in [5, 5.41) is 10.9. The van der Waals surface area contributed by atoms with Crippen molar-refractivity contribution in [1.82, 2.24) is 4.90 Å². The number of nitro benzene ring substituents is 1. The number of carbonyl (C=O) groups excluding carboxylic acids is 1. The molecule has 110 valence electrons. The number of halogens is 1. The molecule has 0 aliphatic heterocycles. The van der Waals surface area contributed by atoms with Crippen molar-refractivity contribution in [1.29, 1.82) is 0 Å². The molecular weight excluding hydrogens is 284 g/mol. The van der Waals surface area contributed by atoms with Crippen LogP contribution in [0.25, 0.3) is 0 Å². The van der Waals surface area contributed by atoms with E-state index in [2.05, 4.69) is 0 Å². The first-order chi connectivity index (χ1) is 9.38. The van der Waals surface area contributed by atoms with Crippen LogP contribution in [0.1, 0.15) is 23.7 Å². The van der Waals surface area contributed by atoms with Crippen molar-refractivity contribution in [2.24, 2.45) is 0 Å². The van der Waals surface area contributed by atoms with E-state index >= 15 is 0 Å². The van der Waals surface area contributed by atoms with Gasteiger partial charge < -0.3 is 9.64 Å². The van der Waals surface area contributed by atoms with Crippen LogP contribution < -0.4 is 4.74 Å². The summed E-state index contributed by atoms with van der Waals surface area (Å²) in [4.78, 5) is 24.1. The van der Waals surface area contributed by atoms with Crippen LogP contribution in [-0.2, 0) is 0 Å². The molecule has 0 heterocycles. The normalized spacial score (nSPS) is 11.8. The Labute approximate surface area is 122 Å². The number of hydrogen-bond donors (Lipinski definition) is 0. The molecule has 0 N–H and O–H groups in total. The number of para-hydroxylation sites is 1. The number of nitro groups is 1. The first kappa shape index (κ1) is 16.2. The Hall–Kier alpha value is -1.82. The first-order valence-electron chi connectivity index (χ1n) is 6.09. The van der Waals surface area contributed by atoms with Gasteiger partial charge in [0.2, 0.25) is 5.75 Å². The lowest BCUT2D eigenvalue weighted by atomic mass is 10.1. The van der Waals surface area contributed by atoms with Gasteiger partial charge in [-0.2, -0.15) is 0 Å². The number of nitrogens with zero attached hydrogens (tertiary/aromatic N) is 2. The molecule has 0 radical (unpaired) electrons. The second-order valence-electron chi connectivity index (χ2n) is 4.41. The lowest BCUT2D eigenvalue weighted by Crippen LogP contribution is -2.29. The minimum absolute atomic E-state index is 0.0201. The van der Waals surface area contributed by atoms with Crippen LogP contribution in [0.2, 0.25) is 0 Å². The maximum absolute atomic E-state index is 12.3. The van der Waals surface area contributed by atoms with E-state index in [4.69, 9.17) is 16.3 Å². The lowest BCUT2D eigenvalue weighted by molar-refractivity contribution is -0.385. The highest BCUT2D eigenvalue weighted by molar-refractivity contribution is 6.20. The summed E-state index contributed by atoms with van der Waals surface area (Å²) in [7, 11) is 2.93. The van der Waals surface area contributed by atoms with Gasteiger partial charge in [0.1, 0.15) is 0 Å². The third-order valence-electron chi connectivity index (χ3n) is 2.83. The van der Waals surface area contributed by atoms with Crippen molar-refractivity contribution >= 4 is 23.2 Å². The van der Waals surface area contributed by atoms with Crippen molar-refractivity contribution in [2.75, 3.05) is 20.7 Å². The van der Waals surface area contributed by atoms with Gasteiger partial charge in [-0.25, -0.2) is 0 Å². The van der Waals surface area contributed by atoms with Gasteiger partial charge in [0.05, 0.1) is 17.6 Å². The van der Waals surface area contributed by atoms with Crippen LogP contribution in [0, 0.1) is 10.1 Å². The van der Waals surface area contributed by atoms with E-state index in [9.17, 15) is 14.9 Å². The maximum Gasteiger partial charge on any atom is 0.311 e. The highest BCUT2D eigenvalue weighted by atomic mass is 35.5. The Morgan fingerprint density at radius 2 is 2.20 bits per heavy atom. The second-order valence-corrected chi connectivity index (χ2v) is 5.16. The highest BCUT2D eigenvalue weighted by Gasteiger charge is 2.24. The molecule has 1 rings (SSSR count). The number of ether oxygens (including phenoxy) is 1. The second kappa shape index (κ2) is 7.09. The van der Waals surface area contributed by atoms with Gasteiger partial charge in [0.15, 0.2) is 0 Å². The standard InChI is InChI=1S/C13H17ClN2O4/c1-9(14)7-8-15(2)13(17)10-5-4-6-11(16(18)19)12(10)20-3/h4-6,9H,7-8H2,1-3H3. The van der Waals surface area contributed by atoms with E-state index in [1.54, 1.807) is 7.05 Å². The molecule has 0 aromatic heterocycles. The molecule has 1 atom stereocenters.